The topological polar surface area (TPSA) is 42.2 Å². The van der Waals surface area contributed by atoms with Gasteiger partial charge in [-0.25, -0.2) is 4.39 Å². The predicted octanol–water partition coefficient (Wildman–Crippen LogP) is 2.82. The van der Waals surface area contributed by atoms with Crippen molar-refractivity contribution in [3.8, 4) is 11.1 Å². The zero-order valence-corrected chi connectivity index (χ0v) is 11.6. The number of aryl methyl sites for hydroxylation is 1. The molecule has 0 unspecified atom stereocenters. The van der Waals surface area contributed by atoms with E-state index in [-0.39, 0.29) is 11.4 Å². The van der Waals surface area contributed by atoms with E-state index in [1.54, 1.807) is 42.8 Å². The molecule has 0 aliphatic carbocycles. The number of aromatic nitrogens is 1. The summed E-state index contributed by atoms with van der Waals surface area (Å²) in [4.78, 5) is 12.0. The third-order valence-electron chi connectivity index (χ3n) is 3.12. The molecular weight excluding hydrogens is 257 g/mol. The Morgan fingerprint density at radius 2 is 1.90 bits per heavy atom. The highest BCUT2D eigenvalue weighted by Gasteiger charge is 2.12. The zero-order chi connectivity index (χ0) is 14.8. The number of benzene rings is 1. The zero-order valence-electron chi connectivity index (χ0n) is 11.6. The summed E-state index contributed by atoms with van der Waals surface area (Å²) in [6.45, 7) is 3.87. The Morgan fingerprint density at radius 3 is 2.50 bits per heavy atom. The molecule has 0 fully saturated rings. The molecule has 3 nitrogen and oxygen atoms in total. The van der Waals surface area contributed by atoms with Crippen molar-refractivity contribution in [2.45, 2.75) is 32.4 Å². The Hall–Kier alpha value is -1.94. The lowest BCUT2D eigenvalue weighted by Gasteiger charge is -2.17. The van der Waals surface area contributed by atoms with Crippen molar-refractivity contribution in [2.24, 2.45) is 0 Å². The fourth-order valence-corrected chi connectivity index (χ4v) is 1.93. The van der Waals surface area contributed by atoms with Crippen LogP contribution in [0, 0.1) is 5.82 Å². The van der Waals surface area contributed by atoms with E-state index in [1.165, 1.54) is 18.2 Å². The molecule has 0 aliphatic heterocycles. The molecule has 2 rings (SSSR count). The molecule has 1 heterocycles. The number of rotatable bonds is 4. The van der Waals surface area contributed by atoms with E-state index in [0.29, 0.717) is 24.1 Å². The molecule has 0 bridgehead atoms. The maximum Gasteiger partial charge on any atom is 0.251 e. The van der Waals surface area contributed by atoms with Gasteiger partial charge in [-0.3, -0.25) is 4.79 Å². The molecule has 1 aromatic carbocycles. The summed E-state index contributed by atoms with van der Waals surface area (Å²) in [5, 5.41) is 9.68. The van der Waals surface area contributed by atoms with Crippen molar-refractivity contribution in [3.63, 3.8) is 0 Å². The van der Waals surface area contributed by atoms with Crippen molar-refractivity contribution in [1.29, 1.82) is 0 Å². The summed E-state index contributed by atoms with van der Waals surface area (Å²) in [5.74, 6) is -0.325. The molecule has 0 aliphatic rings. The van der Waals surface area contributed by atoms with Crippen molar-refractivity contribution in [3.05, 3.63) is 58.8 Å². The number of aliphatic hydroxyl groups is 1. The number of halogens is 1. The summed E-state index contributed by atoms with van der Waals surface area (Å²) >= 11 is 0. The number of pyridine rings is 1. The fraction of sp³-hybridized carbons (Fsp3) is 0.312. The molecule has 0 saturated heterocycles. The number of hydrogen-bond donors (Lipinski definition) is 1. The second-order valence-corrected chi connectivity index (χ2v) is 5.52. The van der Waals surface area contributed by atoms with Crippen LogP contribution in [0.1, 0.15) is 20.3 Å². The average Bonchev–Trinajstić information content (AvgIpc) is 2.36. The quantitative estimate of drug-likeness (QED) is 0.932. The van der Waals surface area contributed by atoms with Gasteiger partial charge in [-0.05, 0) is 49.6 Å². The molecule has 4 heteroatoms. The van der Waals surface area contributed by atoms with Crippen molar-refractivity contribution in [2.75, 3.05) is 0 Å². The SMILES string of the molecule is CC(C)(O)CCn1ccc(-c2cccc(F)c2)cc1=O. The van der Waals surface area contributed by atoms with Gasteiger partial charge in [0, 0.05) is 18.8 Å². The van der Waals surface area contributed by atoms with E-state index in [9.17, 15) is 14.3 Å². The number of nitrogens with zero attached hydrogens (tertiary/aromatic N) is 1. The highest BCUT2D eigenvalue weighted by Crippen LogP contribution is 2.18. The van der Waals surface area contributed by atoms with Gasteiger partial charge < -0.3 is 9.67 Å². The first kappa shape index (κ1) is 14.5. The van der Waals surface area contributed by atoms with Crippen LogP contribution in [0.2, 0.25) is 0 Å². The Kier molecular flexibility index (Phi) is 4.04. The normalized spacial score (nSPS) is 11.6. The van der Waals surface area contributed by atoms with E-state index in [4.69, 9.17) is 0 Å². The lowest BCUT2D eigenvalue weighted by molar-refractivity contribution is 0.0659. The van der Waals surface area contributed by atoms with Gasteiger partial charge in [0.05, 0.1) is 5.60 Å². The fourth-order valence-electron chi connectivity index (χ4n) is 1.93. The minimum absolute atomic E-state index is 0.156. The van der Waals surface area contributed by atoms with Gasteiger partial charge in [0.15, 0.2) is 0 Å². The molecular formula is C16H18FNO2. The summed E-state index contributed by atoms with van der Waals surface area (Å²) in [6.07, 6.45) is 2.17. The minimum Gasteiger partial charge on any atom is -0.390 e. The largest absolute Gasteiger partial charge is 0.390 e. The van der Waals surface area contributed by atoms with Crippen molar-refractivity contribution < 1.29 is 9.50 Å². The van der Waals surface area contributed by atoms with E-state index in [2.05, 4.69) is 0 Å². The lowest BCUT2D eigenvalue weighted by Crippen LogP contribution is -2.26. The Bertz CT molecular complexity index is 656. The molecule has 0 spiro atoms. The summed E-state index contributed by atoms with van der Waals surface area (Å²) in [6, 6.07) is 9.41. The van der Waals surface area contributed by atoms with Gasteiger partial charge >= 0.3 is 0 Å². The van der Waals surface area contributed by atoms with Gasteiger partial charge in [0.1, 0.15) is 5.82 Å². The first-order valence-electron chi connectivity index (χ1n) is 6.54. The Labute approximate surface area is 117 Å². The van der Waals surface area contributed by atoms with E-state index in [1.807, 2.05) is 0 Å². The predicted molar refractivity (Wildman–Crippen MR) is 77.0 cm³/mol. The van der Waals surface area contributed by atoms with E-state index in [0.717, 1.165) is 0 Å². The molecule has 1 aromatic heterocycles. The van der Waals surface area contributed by atoms with Crippen LogP contribution >= 0.6 is 0 Å². The second-order valence-electron chi connectivity index (χ2n) is 5.52. The first-order chi connectivity index (χ1) is 9.35. The number of hydrogen-bond acceptors (Lipinski definition) is 2. The maximum atomic E-state index is 13.2. The highest BCUT2D eigenvalue weighted by atomic mass is 19.1. The van der Waals surface area contributed by atoms with Crippen LogP contribution in [0.5, 0.6) is 0 Å². The van der Waals surface area contributed by atoms with Gasteiger partial charge in [-0.2, -0.15) is 0 Å². The van der Waals surface area contributed by atoms with E-state index < -0.39 is 5.60 Å². The van der Waals surface area contributed by atoms with Crippen LogP contribution in [-0.4, -0.2) is 15.3 Å². The standard InChI is InChI=1S/C16H18FNO2/c1-16(2,20)7-9-18-8-6-13(11-15(18)19)12-4-3-5-14(17)10-12/h3-6,8,10-11,20H,7,9H2,1-2H3. The van der Waals surface area contributed by atoms with Crippen LogP contribution in [0.3, 0.4) is 0 Å². The van der Waals surface area contributed by atoms with Gasteiger partial charge in [0.25, 0.3) is 5.56 Å². The van der Waals surface area contributed by atoms with Crippen molar-refractivity contribution >= 4 is 0 Å². The summed E-state index contributed by atoms with van der Waals surface area (Å²) in [7, 11) is 0. The Morgan fingerprint density at radius 1 is 1.20 bits per heavy atom. The van der Waals surface area contributed by atoms with Gasteiger partial charge in [0.2, 0.25) is 0 Å². The smallest absolute Gasteiger partial charge is 0.251 e. The van der Waals surface area contributed by atoms with Crippen LogP contribution in [0.25, 0.3) is 11.1 Å². The molecule has 0 amide bonds. The highest BCUT2D eigenvalue weighted by molar-refractivity contribution is 5.62. The van der Waals surface area contributed by atoms with Crippen molar-refractivity contribution in [1.82, 2.24) is 4.57 Å². The maximum absolute atomic E-state index is 13.2. The summed E-state index contributed by atoms with van der Waals surface area (Å²) in [5.41, 5.74) is 0.405. The van der Waals surface area contributed by atoms with Crippen LogP contribution in [0.15, 0.2) is 47.4 Å². The van der Waals surface area contributed by atoms with Gasteiger partial charge in [-0.15, -0.1) is 0 Å². The molecule has 0 radical (unpaired) electrons. The molecule has 1 N–H and O–H groups in total. The lowest BCUT2D eigenvalue weighted by atomic mass is 10.1. The van der Waals surface area contributed by atoms with Crippen LogP contribution in [-0.2, 0) is 6.54 Å². The molecule has 2 aromatic rings. The molecule has 0 saturated carbocycles. The summed E-state index contributed by atoms with van der Waals surface area (Å²) < 4.78 is 14.7. The first-order valence-corrected chi connectivity index (χ1v) is 6.54. The molecule has 20 heavy (non-hydrogen) atoms. The average molecular weight is 275 g/mol. The van der Waals surface area contributed by atoms with Gasteiger partial charge in [-0.1, -0.05) is 12.1 Å². The monoisotopic (exact) mass is 275 g/mol. The molecule has 106 valence electrons. The minimum atomic E-state index is -0.805. The van der Waals surface area contributed by atoms with Crippen LogP contribution < -0.4 is 5.56 Å². The second kappa shape index (κ2) is 5.59. The molecule has 0 atom stereocenters. The Balaban J connectivity index is 2.24. The van der Waals surface area contributed by atoms with E-state index >= 15 is 0 Å². The third-order valence-corrected chi connectivity index (χ3v) is 3.12. The third kappa shape index (κ3) is 3.78. The van der Waals surface area contributed by atoms with Crippen LogP contribution in [0.4, 0.5) is 4.39 Å².